The topological polar surface area (TPSA) is 34.1 Å². The van der Waals surface area contributed by atoms with Crippen molar-refractivity contribution in [3.63, 3.8) is 0 Å². The van der Waals surface area contributed by atoms with E-state index in [0.29, 0.717) is 6.42 Å². The van der Waals surface area contributed by atoms with E-state index in [2.05, 4.69) is 0 Å². The Hall–Kier alpha value is 0.0803. The molecular weight excluding hydrogens is 273 g/mol. The summed E-state index contributed by atoms with van der Waals surface area (Å²) in [6, 6.07) is 0. The molecule has 0 aliphatic heterocycles. The van der Waals surface area contributed by atoms with Gasteiger partial charge in [0.1, 0.15) is 0 Å². The van der Waals surface area contributed by atoms with Crippen LogP contribution in [0.3, 0.4) is 0 Å². The summed E-state index contributed by atoms with van der Waals surface area (Å²) in [5.41, 5.74) is 0. The first kappa shape index (κ1) is 11.0. The zero-order valence-corrected chi connectivity index (χ0v) is 8.18. The van der Waals surface area contributed by atoms with E-state index in [1.54, 1.807) is 6.92 Å². The molecule has 3 heteroatoms. The van der Waals surface area contributed by atoms with Crippen LogP contribution in [0.25, 0.3) is 0 Å². The van der Waals surface area contributed by atoms with Crippen molar-refractivity contribution in [2.45, 2.75) is 20.3 Å². The molecule has 45 valence electrons. The molecular formula is C5H8O2Ta. The number of ketones is 2. The Bertz CT molecular complexity index is 98.6. The van der Waals surface area contributed by atoms with Crippen LogP contribution in [0.1, 0.15) is 20.3 Å². The van der Waals surface area contributed by atoms with Crippen molar-refractivity contribution in [1.82, 2.24) is 0 Å². The third-order valence-electron chi connectivity index (χ3n) is 0.714. The van der Waals surface area contributed by atoms with E-state index < -0.39 is 0 Å². The van der Waals surface area contributed by atoms with Crippen LogP contribution in [-0.2, 0) is 32.0 Å². The second-order valence-corrected chi connectivity index (χ2v) is 1.33. The smallest absolute Gasteiger partial charge is 0.197 e. The van der Waals surface area contributed by atoms with Crippen molar-refractivity contribution < 1.29 is 32.0 Å². The van der Waals surface area contributed by atoms with E-state index in [9.17, 15) is 9.59 Å². The fourth-order valence-corrected chi connectivity index (χ4v) is 0.249. The van der Waals surface area contributed by atoms with Gasteiger partial charge in [-0.05, 0) is 0 Å². The summed E-state index contributed by atoms with van der Waals surface area (Å²) in [7, 11) is 0. The molecule has 0 fully saturated rings. The van der Waals surface area contributed by atoms with Crippen LogP contribution in [-0.4, -0.2) is 11.6 Å². The third-order valence-corrected chi connectivity index (χ3v) is 0.714. The summed E-state index contributed by atoms with van der Waals surface area (Å²) in [5, 5.41) is 0. The quantitative estimate of drug-likeness (QED) is 0.693. The zero-order chi connectivity index (χ0) is 5.86. The Kier molecular flexibility index (Phi) is 7.15. The fraction of sp³-hybridized carbons (Fsp3) is 0.600. The molecule has 0 saturated heterocycles. The third kappa shape index (κ3) is 4.24. The minimum absolute atomic E-state index is 0. The maximum atomic E-state index is 10.2. The molecule has 8 heavy (non-hydrogen) atoms. The molecule has 0 aliphatic carbocycles. The van der Waals surface area contributed by atoms with Crippen LogP contribution in [0.15, 0.2) is 0 Å². The standard InChI is InChI=1S/C5H8O2.Ta/c1-3-5(7)4(2)6;/h3H2,1-2H3;. The monoisotopic (exact) mass is 281 g/mol. The average molecular weight is 281 g/mol. The van der Waals surface area contributed by atoms with Gasteiger partial charge >= 0.3 is 0 Å². The van der Waals surface area contributed by atoms with E-state index in [4.69, 9.17) is 0 Å². The molecule has 0 aromatic carbocycles. The molecule has 0 saturated carbocycles. The molecule has 1 radical (unpaired) electrons. The van der Waals surface area contributed by atoms with Gasteiger partial charge in [0.15, 0.2) is 11.6 Å². The van der Waals surface area contributed by atoms with E-state index in [1.807, 2.05) is 0 Å². The second-order valence-electron chi connectivity index (χ2n) is 1.33. The van der Waals surface area contributed by atoms with Crippen LogP contribution in [0.5, 0.6) is 0 Å². The molecule has 0 aromatic heterocycles. The summed E-state index contributed by atoms with van der Waals surface area (Å²) >= 11 is 0. The van der Waals surface area contributed by atoms with Gasteiger partial charge in [-0.1, -0.05) is 6.92 Å². The Morgan fingerprint density at radius 3 is 1.75 bits per heavy atom. The zero-order valence-electron chi connectivity index (χ0n) is 4.97. The molecule has 0 spiro atoms. The van der Waals surface area contributed by atoms with Crippen LogP contribution in [0.4, 0.5) is 0 Å². The van der Waals surface area contributed by atoms with Crippen LogP contribution in [0.2, 0.25) is 0 Å². The number of Topliss-reactive ketones (excluding diaryl/α,β-unsaturated/α-hetero) is 2. The van der Waals surface area contributed by atoms with Crippen LogP contribution in [0, 0.1) is 0 Å². The molecule has 0 aliphatic rings. The maximum Gasteiger partial charge on any atom is 0.197 e. The predicted molar refractivity (Wildman–Crippen MR) is 26.0 cm³/mol. The first-order valence-electron chi connectivity index (χ1n) is 2.22. The number of rotatable bonds is 2. The first-order valence-corrected chi connectivity index (χ1v) is 2.22. The molecule has 0 rings (SSSR count). The fourth-order valence-electron chi connectivity index (χ4n) is 0.249. The molecule has 0 amide bonds. The molecule has 0 unspecified atom stereocenters. The van der Waals surface area contributed by atoms with Gasteiger partial charge in [0, 0.05) is 35.7 Å². The number of carbonyl (C=O) groups excluding carboxylic acids is 2. The van der Waals surface area contributed by atoms with Crippen molar-refractivity contribution in [2.24, 2.45) is 0 Å². The van der Waals surface area contributed by atoms with Gasteiger partial charge in [-0.25, -0.2) is 0 Å². The Morgan fingerprint density at radius 1 is 1.38 bits per heavy atom. The molecule has 0 bridgehead atoms. The van der Waals surface area contributed by atoms with E-state index in [1.165, 1.54) is 6.92 Å². The Balaban J connectivity index is 0. The molecule has 0 atom stereocenters. The van der Waals surface area contributed by atoms with Gasteiger partial charge in [0.2, 0.25) is 0 Å². The Morgan fingerprint density at radius 2 is 1.75 bits per heavy atom. The molecule has 0 aromatic rings. The minimum atomic E-state index is -0.345. The maximum absolute atomic E-state index is 10.2. The largest absolute Gasteiger partial charge is 0.291 e. The first-order chi connectivity index (χ1) is 3.18. The van der Waals surface area contributed by atoms with Crippen molar-refractivity contribution in [3.8, 4) is 0 Å². The van der Waals surface area contributed by atoms with Gasteiger partial charge in [-0.3, -0.25) is 9.59 Å². The van der Waals surface area contributed by atoms with Crippen LogP contribution < -0.4 is 0 Å². The van der Waals surface area contributed by atoms with Gasteiger partial charge in [0.25, 0.3) is 0 Å². The normalized spacial score (nSPS) is 7.25. The van der Waals surface area contributed by atoms with Gasteiger partial charge in [-0.2, -0.15) is 0 Å². The average Bonchev–Trinajstić information content (AvgIpc) is 1.65. The van der Waals surface area contributed by atoms with E-state index >= 15 is 0 Å². The van der Waals surface area contributed by atoms with Crippen molar-refractivity contribution in [2.75, 3.05) is 0 Å². The summed E-state index contributed by atoms with van der Waals surface area (Å²) < 4.78 is 0. The number of carbonyl (C=O) groups is 2. The minimum Gasteiger partial charge on any atom is -0.291 e. The van der Waals surface area contributed by atoms with Gasteiger partial charge in [0.05, 0.1) is 0 Å². The predicted octanol–water partition coefficient (Wildman–Crippen LogP) is 0.552. The van der Waals surface area contributed by atoms with E-state index in [0.717, 1.165) is 0 Å². The SMILES string of the molecule is CCC(=O)C(C)=O.[Ta]. The Labute approximate surface area is 64.2 Å². The number of hydrogen-bond donors (Lipinski definition) is 0. The van der Waals surface area contributed by atoms with Crippen molar-refractivity contribution >= 4 is 11.6 Å². The number of hydrogen-bond acceptors (Lipinski definition) is 2. The van der Waals surface area contributed by atoms with E-state index in [-0.39, 0.29) is 33.9 Å². The van der Waals surface area contributed by atoms with Gasteiger partial charge in [-0.15, -0.1) is 0 Å². The molecule has 2 nitrogen and oxygen atoms in total. The summed E-state index contributed by atoms with van der Waals surface area (Å²) in [4.78, 5) is 20.2. The molecule has 0 heterocycles. The summed E-state index contributed by atoms with van der Waals surface area (Å²) in [6.45, 7) is 2.95. The summed E-state index contributed by atoms with van der Waals surface area (Å²) in [5.74, 6) is -0.637. The van der Waals surface area contributed by atoms with Gasteiger partial charge < -0.3 is 0 Å². The molecule has 0 N–H and O–H groups in total. The van der Waals surface area contributed by atoms with Crippen molar-refractivity contribution in [3.05, 3.63) is 0 Å². The van der Waals surface area contributed by atoms with Crippen molar-refractivity contribution in [1.29, 1.82) is 0 Å². The van der Waals surface area contributed by atoms with Crippen LogP contribution >= 0.6 is 0 Å². The second kappa shape index (κ2) is 5.22. The summed E-state index contributed by atoms with van der Waals surface area (Å²) in [6.07, 6.45) is 0.329.